The van der Waals surface area contributed by atoms with Gasteiger partial charge in [0, 0.05) is 15.3 Å². The molecule has 0 spiro atoms. The zero-order valence-corrected chi connectivity index (χ0v) is 10.6. The Hall–Kier alpha value is -0.990. The highest BCUT2D eigenvalue weighted by Crippen LogP contribution is 2.20. The normalized spacial score (nSPS) is 10.3. The monoisotopic (exact) mass is 288 g/mol. The molecule has 0 aliphatic rings. The van der Waals surface area contributed by atoms with Crippen LogP contribution in [0.4, 0.5) is 0 Å². The Morgan fingerprint density at radius 1 is 1.33 bits per heavy atom. The molecule has 0 atom stereocenters. The molecule has 0 saturated carbocycles. The van der Waals surface area contributed by atoms with Crippen LogP contribution >= 0.6 is 15.9 Å². The van der Waals surface area contributed by atoms with E-state index in [2.05, 4.69) is 27.1 Å². The van der Waals surface area contributed by atoms with Crippen molar-refractivity contribution in [1.82, 2.24) is 0 Å². The summed E-state index contributed by atoms with van der Waals surface area (Å²) >= 11 is 3.28. The van der Waals surface area contributed by atoms with Gasteiger partial charge < -0.3 is 4.74 Å². The number of halogens is 1. The van der Waals surface area contributed by atoms with Gasteiger partial charge >= 0.3 is 0 Å². The van der Waals surface area contributed by atoms with Gasteiger partial charge in [-0.15, -0.1) is 0 Å². The second-order valence-corrected chi connectivity index (χ2v) is 5.54. The molecule has 0 aliphatic carbocycles. The number of hydrogen-bond acceptors (Lipinski definition) is 3. The molecule has 0 aromatic heterocycles. The first-order valence-electron chi connectivity index (χ1n) is 3.98. The molecule has 0 fully saturated rings. The van der Waals surface area contributed by atoms with E-state index in [0.717, 1.165) is 10.7 Å². The molecule has 0 heterocycles. The lowest BCUT2D eigenvalue weighted by molar-refractivity contribution is 0.414. The summed E-state index contributed by atoms with van der Waals surface area (Å²) in [5.41, 5.74) is 0.589. The van der Waals surface area contributed by atoms with Crippen molar-refractivity contribution in [2.75, 3.05) is 13.4 Å². The van der Waals surface area contributed by atoms with Gasteiger partial charge in [0.15, 0.2) is 0 Å². The second kappa shape index (κ2) is 4.69. The lowest BCUT2D eigenvalue weighted by atomic mass is 10.2. The third kappa shape index (κ3) is 4.36. The van der Waals surface area contributed by atoms with Gasteiger partial charge in [0.1, 0.15) is 5.75 Å². The van der Waals surface area contributed by atoms with E-state index in [1.54, 1.807) is 18.2 Å². The van der Waals surface area contributed by atoms with E-state index < -0.39 is 9.84 Å². The fourth-order valence-electron chi connectivity index (χ4n) is 0.904. The van der Waals surface area contributed by atoms with Crippen LogP contribution in [0, 0.1) is 11.2 Å². The quantitative estimate of drug-likeness (QED) is 0.741. The highest BCUT2D eigenvalue weighted by molar-refractivity contribution is 9.10. The third-order valence-corrected chi connectivity index (χ3v) is 2.42. The topological polar surface area (TPSA) is 43.4 Å². The molecule has 0 radical (unpaired) electrons. The summed E-state index contributed by atoms with van der Waals surface area (Å²) in [6, 6.07) is 5.16. The molecule has 80 valence electrons. The zero-order chi connectivity index (χ0) is 11.5. The minimum absolute atomic E-state index is 0.589. The van der Waals surface area contributed by atoms with Gasteiger partial charge in [-0.2, -0.15) is 0 Å². The minimum Gasteiger partial charge on any atom is -0.497 e. The maximum atomic E-state index is 10.8. The van der Waals surface area contributed by atoms with Gasteiger partial charge in [0.05, 0.1) is 13.4 Å². The highest BCUT2D eigenvalue weighted by Gasteiger charge is 1.98. The maximum absolute atomic E-state index is 10.8. The third-order valence-electron chi connectivity index (χ3n) is 1.49. The van der Waals surface area contributed by atoms with Crippen LogP contribution in [-0.2, 0) is 9.84 Å². The van der Waals surface area contributed by atoms with Gasteiger partial charge in [-0.3, -0.25) is 0 Å². The van der Waals surface area contributed by atoms with E-state index in [1.165, 1.54) is 7.11 Å². The van der Waals surface area contributed by atoms with Crippen LogP contribution in [-0.4, -0.2) is 21.8 Å². The van der Waals surface area contributed by atoms with Crippen molar-refractivity contribution in [2.45, 2.75) is 0 Å². The Balaban J connectivity index is 3.14. The summed E-state index contributed by atoms with van der Waals surface area (Å²) in [6.45, 7) is 0. The van der Waals surface area contributed by atoms with Crippen LogP contribution in [0.15, 0.2) is 22.7 Å². The number of sulfone groups is 1. The lowest BCUT2D eigenvalue weighted by Crippen LogP contribution is -1.89. The molecule has 3 nitrogen and oxygen atoms in total. The van der Waals surface area contributed by atoms with Gasteiger partial charge in [0.25, 0.3) is 0 Å². The Bertz CT molecular complexity index is 523. The summed E-state index contributed by atoms with van der Waals surface area (Å²) in [6.07, 6.45) is 1.06. The van der Waals surface area contributed by atoms with Crippen molar-refractivity contribution < 1.29 is 13.2 Å². The van der Waals surface area contributed by atoms with Crippen molar-refractivity contribution >= 4 is 25.8 Å². The number of hydrogen-bond donors (Lipinski definition) is 0. The Morgan fingerprint density at radius 2 is 2.00 bits per heavy atom. The van der Waals surface area contributed by atoms with Gasteiger partial charge in [-0.05, 0) is 24.1 Å². The molecule has 0 amide bonds. The van der Waals surface area contributed by atoms with Crippen LogP contribution < -0.4 is 4.74 Å². The van der Waals surface area contributed by atoms with Crippen molar-refractivity contribution in [2.24, 2.45) is 0 Å². The number of rotatable bonds is 1. The summed E-state index contributed by atoms with van der Waals surface area (Å²) in [5, 5.41) is 2.16. The highest BCUT2D eigenvalue weighted by atomic mass is 79.9. The molecule has 5 heteroatoms. The predicted molar refractivity (Wildman–Crippen MR) is 62.4 cm³/mol. The van der Waals surface area contributed by atoms with Gasteiger partial charge in [-0.1, -0.05) is 15.9 Å². The Labute approximate surface area is 97.5 Å². The van der Waals surface area contributed by atoms with Crippen LogP contribution in [0.5, 0.6) is 5.75 Å². The lowest BCUT2D eigenvalue weighted by Gasteiger charge is -2.00. The Kier molecular flexibility index (Phi) is 3.77. The van der Waals surface area contributed by atoms with Crippen molar-refractivity contribution in [3.63, 3.8) is 0 Å². The van der Waals surface area contributed by atoms with E-state index in [1.807, 2.05) is 0 Å². The van der Waals surface area contributed by atoms with Crippen molar-refractivity contribution in [3.8, 4) is 16.9 Å². The molecule has 15 heavy (non-hydrogen) atoms. The summed E-state index contributed by atoms with van der Waals surface area (Å²) in [4.78, 5) is 0. The van der Waals surface area contributed by atoms with E-state index in [4.69, 9.17) is 4.74 Å². The predicted octanol–water partition coefficient (Wildman–Crippen LogP) is 1.81. The van der Waals surface area contributed by atoms with Crippen LogP contribution in [0.1, 0.15) is 5.56 Å². The van der Waals surface area contributed by atoms with Crippen LogP contribution in [0.2, 0.25) is 0 Å². The smallest absolute Gasteiger partial charge is 0.214 e. The average molecular weight is 289 g/mol. The molecular weight excluding hydrogens is 280 g/mol. The second-order valence-electron chi connectivity index (χ2n) is 2.88. The summed E-state index contributed by atoms with van der Waals surface area (Å²) in [5.74, 6) is 3.18. The first-order valence-corrected chi connectivity index (χ1v) is 6.66. The SMILES string of the molecule is COc1cc(Br)cc(C#CS(C)(=O)=O)c1. The summed E-state index contributed by atoms with van der Waals surface area (Å²) < 4.78 is 27.5. The van der Waals surface area contributed by atoms with E-state index in [-0.39, 0.29) is 0 Å². The molecule has 1 aromatic carbocycles. The largest absolute Gasteiger partial charge is 0.497 e. The Morgan fingerprint density at radius 3 is 2.53 bits per heavy atom. The molecule has 0 N–H and O–H groups in total. The fraction of sp³-hybridized carbons (Fsp3) is 0.200. The van der Waals surface area contributed by atoms with Crippen molar-refractivity contribution in [1.29, 1.82) is 0 Å². The van der Waals surface area contributed by atoms with E-state index in [0.29, 0.717) is 11.3 Å². The maximum Gasteiger partial charge on any atom is 0.214 e. The van der Waals surface area contributed by atoms with Crippen molar-refractivity contribution in [3.05, 3.63) is 28.2 Å². The first kappa shape index (κ1) is 12.1. The van der Waals surface area contributed by atoms with E-state index in [9.17, 15) is 8.42 Å². The number of benzene rings is 1. The molecule has 1 rings (SSSR count). The first-order chi connectivity index (χ1) is 6.90. The summed E-state index contributed by atoms with van der Waals surface area (Å²) in [7, 11) is -1.73. The van der Waals surface area contributed by atoms with E-state index >= 15 is 0 Å². The molecule has 0 unspecified atom stereocenters. The van der Waals surface area contributed by atoms with Crippen LogP contribution in [0.25, 0.3) is 0 Å². The molecule has 1 aromatic rings. The van der Waals surface area contributed by atoms with Gasteiger partial charge in [-0.25, -0.2) is 8.42 Å². The average Bonchev–Trinajstić information content (AvgIpc) is 2.13. The number of methoxy groups -OCH3 is 1. The standard InChI is InChI=1S/C10H9BrO3S/c1-14-10-6-8(5-9(11)7-10)3-4-15(2,12)13/h5-7H,1-2H3. The molecular formula is C10H9BrO3S. The molecule has 0 aliphatic heterocycles. The zero-order valence-electron chi connectivity index (χ0n) is 8.24. The molecule has 0 saturated heterocycles. The number of ether oxygens (including phenoxy) is 1. The fourth-order valence-corrected chi connectivity index (χ4v) is 1.68. The van der Waals surface area contributed by atoms with Gasteiger partial charge in [0.2, 0.25) is 9.84 Å². The molecule has 0 bridgehead atoms. The minimum atomic E-state index is -3.27. The van der Waals surface area contributed by atoms with Crippen LogP contribution in [0.3, 0.4) is 0 Å².